The van der Waals surface area contributed by atoms with Crippen LogP contribution in [0, 0.1) is 5.92 Å². The second-order valence-electron chi connectivity index (χ2n) is 7.58. The molecule has 0 saturated carbocycles. The number of hydrogen-bond acceptors (Lipinski definition) is 1. The lowest BCUT2D eigenvalue weighted by molar-refractivity contribution is 0.270. The van der Waals surface area contributed by atoms with Crippen LogP contribution in [0.25, 0.3) is 0 Å². The predicted molar refractivity (Wildman–Crippen MR) is 92.6 cm³/mol. The van der Waals surface area contributed by atoms with Crippen LogP contribution in [-0.4, -0.2) is 14.9 Å². The fourth-order valence-electron chi connectivity index (χ4n) is 2.35. The molecule has 0 aromatic carbocycles. The van der Waals surface area contributed by atoms with Gasteiger partial charge in [0.2, 0.25) is 0 Å². The summed E-state index contributed by atoms with van der Waals surface area (Å²) in [6.45, 7) is 17.0. The third-order valence-corrected chi connectivity index (χ3v) is 9.37. The van der Waals surface area contributed by atoms with E-state index < -0.39 is 8.32 Å². The number of allylic oxidation sites excluding steroid dienone is 2. The summed E-state index contributed by atoms with van der Waals surface area (Å²) < 4.78 is 6.37. The Morgan fingerprint density at radius 3 is 2.20 bits per heavy atom. The van der Waals surface area contributed by atoms with E-state index in [4.69, 9.17) is 4.43 Å². The van der Waals surface area contributed by atoms with Crippen LogP contribution in [0.3, 0.4) is 0 Å². The molecule has 1 atom stereocenters. The summed E-state index contributed by atoms with van der Waals surface area (Å²) in [6, 6.07) is 0. The summed E-state index contributed by atoms with van der Waals surface area (Å²) in [5, 5.41) is 0.303. The highest BCUT2D eigenvalue weighted by molar-refractivity contribution is 6.74. The van der Waals surface area contributed by atoms with Crippen LogP contribution in [0.5, 0.6) is 0 Å². The van der Waals surface area contributed by atoms with Crippen molar-refractivity contribution in [2.75, 3.05) is 6.61 Å². The number of unbranched alkanes of at least 4 members (excludes halogenated alkanes) is 1. The average molecular weight is 295 g/mol. The fraction of sp³-hybridized carbons (Fsp3) is 0.778. The van der Waals surface area contributed by atoms with E-state index in [-0.39, 0.29) is 0 Å². The molecule has 1 nitrogen and oxygen atoms in total. The monoisotopic (exact) mass is 294 g/mol. The summed E-state index contributed by atoms with van der Waals surface area (Å²) in [6.07, 6.45) is 9.89. The van der Waals surface area contributed by atoms with E-state index in [1.807, 2.05) is 0 Å². The lowest BCUT2D eigenvalue weighted by Gasteiger charge is -2.36. The Morgan fingerprint density at radius 1 is 1.10 bits per heavy atom. The van der Waals surface area contributed by atoms with Gasteiger partial charge in [-0.05, 0) is 48.5 Å². The van der Waals surface area contributed by atoms with Crippen LogP contribution in [0.4, 0.5) is 0 Å². The topological polar surface area (TPSA) is 9.23 Å². The predicted octanol–water partition coefficient (Wildman–Crippen LogP) is 6.09. The van der Waals surface area contributed by atoms with Crippen LogP contribution in [0.15, 0.2) is 23.3 Å². The van der Waals surface area contributed by atoms with Crippen molar-refractivity contribution >= 4 is 8.32 Å². The van der Waals surface area contributed by atoms with Crippen LogP contribution in [0.2, 0.25) is 18.1 Å². The first-order valence-corrected chi connectivity index (χ1v) is 11.2. The van der Waals surface area contributed by atoms with Gasteiger partial charge >= 0.3 is 0 Å². The van der Waals surface area contributed by atoms with Gasteiger partial charge < -0.3 is 4.43 Å². The molecule has 1 aliphatic carbocycles. The van der Waals surface area contributed by atoms with Gasteiger partial charge in [0.1, 0.15) is 0 Å². The zero-order valence-electron chi connectivity index (χ0n) is 14.7. The van der Waals surface area contributed by atoms with Gasteiger partial charge in [0.05, 0.1) is 0 Å². The first-order chi connectivity index (χ1) is 9.21. The third kappa shape index (κ3) is 4.59. The highest BCUT2D eigenvalue weighted by Gasteiger charge is 2.37. The maximum absolute atomic E-state index is 6.37. The van der Waals surface area contributed by atoms with E-state index >= 15 is 0 Å². The van der Waals surface area contributed by atoms with Gasteiger partial charge in [0.25, 0.3) is 0 Å². The van der Waals surface area contributed by atoms with Crippen molar-refractivity contribution in [3.63, 3.8) is 0 Å². The van der Waals surface area contributed by atoms with Crippen molar-refractivity contribution in [3.8, 4) is 0 Å². The Morgan fingerprint density at radius 2 is 1.70 bits per heavy atom. The average Bonchev–Trinajstić information content (AvgIpc) is 2.75. The molecule has 1 aliphatic rings. The van der Waals surface area contributed by atoms with Crippen LogP contribution in [0.1, 0.15) is 60.3 Å². The molecule has 0 amide bonds. The highest BCUT2D eigenvalue weighted by atomic mass is 28.4. The third-order valence-electron chi connectivity index (χ3n) is 4.87. The summed E-state index contributed by atoms with van der Waals surface area (Å²) in [5.41, 5.74) is 3.14. The first kappa shape index (κ1) is 17.7. The minimum absolute atomic E-state index is 0.303. The van der Waals surface area contributed by atoms with Crippen molar-refractivity contribution < 1.29 is 4.43 Å². The maximum atomic E-state index is 6.37. The van der Waals surface area contributed by atoms with Crippen molar-refractivity contribution in [1.82, 2.24) is 0 Å². The molecule has 0 fully saturated rings. The molecule has 20 heavy (non-hydrogen) atoms. The van der Waals surface area contributed by atoms with Crippen molar-refractivity contribution in [3.05, 3.63) is 23.3 Å². The Bertz CT molecular complexity index is 371. The largest absolute Gasteiger partial charge is 0.416 e. The van der Waals surface area contributed by atoms with Gasteiger partial charge in [-0.25, -0.2) is 0 Å². The Labute approximate surface area is 127 Å². The van der Waals surface area contributed by atoms with Gasteiger partial charge in [-0.2, -0.15) is 0 Å². The lowest BCUT2D eigenvalue weighted by Crippen LogP contribution is -2.41. The van der Waals surface area contributed by atoms with E-state index in [0.29, 0.717) is 11.0 Å². The molecule has 0 N–H and O–H groups in total. The smallest absolute Gasteiger partial charge is 0.192 e. The molecule has 1 unspecified atom stereocenters. The second-order valence-corrected chi connectivity index (χ2v) is 12.4. The van der Waals surface area contributed by atoms with Gasteiger partial charge in [0.15, 0.2) is 8.32 Å². The highest BCUT2D eigenvalue weighted by Crippen LogP contribution is 2.38. The Hall–Kier alpha value is -0.343. The molecule has 0 saturated heterocycles. The Kier molecular flexibility index (Phi) is 6.27. The molecular weight excluding hydrogens is 260 g/mol. The van der Waals surface area contributed by atoms with E-state index in [2.05, 4.69) is 59.9 Å². The molecule has 0 heterocycles. The van der Waals surface area contributed by atoms with E-state index in [1.165, 1.54) is 19.3 Å². The normalized spacial score (nSPS) is 20.1. The van der Waals surface area contributed by atoms with Crippen molar-refractivity contribution in [1.29, 1.82) is 0 Å². The van der Waals surface area contributed by atoms with Gasteiger partial charge in [-0.15, -0.1) is 0 Å². The molecule has 0 spiro atoms. The maximum Gasteiger partial charge on any atom is 0.192 e. The summed E-state index contributed by atoms with van der Waals surface area (Å²) in [4.78, 5) is 0. The van der Waals surface area contributed by atoms with Crippen LogP contribution in [-0.2, 0) is 4.43 Å². The minimum Gasteiger partial charge on any atom is -0.416 e. The van der Waals surface area contributed by atoms with Crippen LogP contribution < -0.4 is 0 Å². The number of hydrogen-bond donors (Lipinski definition) is 0. The zero-order valence-corrected chi connectivity index (χ0v) is 15.7. The van der Waals surface area contributed by atoms with Crippen molar-refractivity contribution in [2.24, 2.45) is 5.92 Å². The molecule has 116 valence electrons. The van der Waals surface area contributed by atoms with Crippen molar-refractivity contribution in [2.45, 2.75) is 78.4 Å². The molecule has 0 radical (unpaired) electrons. The zero-order chi connectivity index (χ0) is 15.4. The quantitative estimate of drug-likeness (QED) is 0.516. The molecule has 0 aliphatic heterocycles. The Balaban J connectivity index is 2.62. The molecule has 2 heteroatoms. The van der Waals surface area contributed by atoms with Gasteiger partial charge in [-0.3, -0.25) is 0 Å². The molecule has 0 aromatic heterocycles. The molecule has 0 bridgehead atoms. The molecular formula is C18H34OSi. The SMILES string of the molecule is CCCCC1=CC(CO[Si](C)(C)C(C)(C)C)C=C1CC. The fourth-order valence-corrected chi connectivity index (χ4v) is 3.39. The van der Waals surface area contributed by atoms with Gasteiger partial charge in [-0.1, -0.05) is 53.2 Å². The summed E-state index contributed by atoms with van der Waals surface area (Å²) >= 11 is 0. The van der Waals surface area contributed by atoms with Crippen LogP contribution >= 0.6 is 0 Å². The standard InChI is InChI=1S/C18H34OSi/c1-8-10-11-17-13-15(12-16(17)9-2)14-19-20(6,7)18(3,4)5/h12-13,15H,8-11,14H2,1-7H3. The molecule has 0 aromatic rings. The second kappa shape index (κ2) is 7.08. The summed E-state index contributed by atoms with van der Waals surface area (Å²) in [5.74, 6) is 0.505. The molecule has 1 rings (SSSR count). The first-order valence-electron chi connectivity index (χ1n) is 8.27. The van der Waals surface area contributed by atoms with E-state index in [0.717, 1.165) is 13.0 Å². The number of rotatable bonds is 7. The van der Waals surface area contributed by atoms with E-state index in [9.17, 15) is 0 Å². The lowest BCUT2D eigenvalue weighted by atomic mass is 10.0. The van der Waals surface area contributed by atoms with E-state index in [1.54, 1.807) is 11.1 Å². The minimum atomic E-state index is -1.61. The summed E-state index contributed by atoms with van der Waals surface area (Å²) in [7, 11) is -1.61. The van der Waals surface area contributed by atoms with Gasteiger partial charge in [0, 0.05) is 12.5 Å².